The Balaban J connectivity index is 1.95. The number of likely N-dealkylation sites (tertiary alicyclic amines) is 1. The van der Waals surface area contributed by atoms with E-state index in [1.54, 1.807) is 6.20 Å². The third-order valence-electron chi connectivity index (χ3n) is 4.23. The summed E-state index contributed by atoms with van der Waals surface area (Å²) in [6.45, 7) is 3.46. The topological polar surface area (TPSA) is 53.4 Å². The van der Waals surface area contributed by atoms with E-state index in [-0.39, 0.29) is 5.92 Å². The van der Waals surface area contributed by atoms with Crippen molar-refractivity contribution in [3.05, 3.63) is 40.5 Å². The van der Waals surface area contributed by atoms with Crippen LogP contribution in [0.5, 0.6) is 0 Å². The summed E-state index contributed by atoms with van der Waals surface area (Å²) in [6, 6.07) is 7.58. The summed E-state index contributed by atoms with van der Waals surface area (Å²) >= 11 is 3.54. The van der Waals surface area contributed by atoms with Gasteiger partial charge in [0.05, 0.1) is 5.52 Å². The Morgan fingerprint density at radius 1 is 1.48 bits per heavy atom. The van der Waals surface area contributed by atoms with Gasteiger partial charge in [-0.3, -0.25) is 14.7 Å². The fourth-order valence-electron chi connectivity index (χ4n) is 3.15. The number of fused-ring (bicyclic) bond motifs is 1. The SMILES string of the molecule is CC1CCN(Cc2ccc(Br)c3cccnc23)C1C(=O)O. The lowest BCUT2D eigenvalue weighted by Gasteiger charge is -2.23. The largest absolute Gasteiger partial charge is 0.480 e. The highest BCUT2D eigenvalue weighted by atomic mass is 79.9. The molecule has 1 aliphatic rings. The lowest BCUT2D eigenvalue weighted by Crippen LogP contribution is -2.38. The maximum atomic E-state index is 11.5. The van der Waals surface area contributed by atoms with E-state index in [0.29, 0.717) is 6.54 Å². The maximum absolute atomic E-state index is 11.5. The van der Waals surface area contributed by atoms with E-state index in [2.05, 4.69) is 20.9 Å². The minimum absolute atomic E-state index is 0.192. The molecule has 21 heavy (non-hydrogen) atoms. The van der Waals surface area contributed by atoms with Gasteiger partial charge in [-0.05, 0) is 36.6 Å². The summed E-state index contributed by atoms with van der Waals surface area (Å²) in [5, 5.41) is 10.5. The molecule has 3 rings (SSSR count). The van der Waals surface area contributed by atoms with Crippen LogP contribution in [0.1, 0.15) is 18.9 Å². The van der Waals surface area contributed by atoms with Gasteiger partial charge in [0, 0.05) is 22.6 Å². The predicted molar refractivity (Wildman–Crippen MR) is 85.1 cm³/mol. The fraction of sp³-hybridized carbons (Fsp3) is 0.375. The third kappa shape index (κ3) is 2.68. The van der Waals surface area contributed by atoms with Crippen LogP contribution in [0.3, 0.4) is 0 Å². The van der Waals surface area contributed by atoms with Gasteiger partial charge in [-0.15, -0.1) is 0 Å². The zero-order chi connectivity index (χ0) is 15.0. The van der Waals surface area contributed by atoms with Gasteiger partial charge in [0.1, 0.15) is 6.04 Å². The molecule has 1 aliphatic heterocycles. The minimum Gasteiger partial charge on any atom is -0.480 e. The van der Waals surface area contributed by atoms with E-state index in [9.17, 15) is 9.90 Å². The summed E-state index contributed by atoms with van der Waals surface area (Å²) in [5.74, 6) is -0.536. The molecule has 0 saturated carbocycles. The Hall–Kier alpha value is -1.46. The van der Waals surface area contributed by atoms with Gasteiger partial charge in [0.2, 0.25) is 0 Å². The fourth-order valence-corrected chi connectivity index (χ4v) is 3.60. The van der Waals surface area contributed by atoms with Crippen molar-refractivity contribution >= 4 is 32.8 Å². The molecule has 2 aromatic rings. The van der Waals surface area contributed by atoms with E-state index in [0.717, 1.165) is 33.9 Å². The first-order valence-electron chi connectivity index (χ1n) is 7.07. The summed E-state index contributed by atoms with van der Waals surface area (Å²) in [6.07, 6.45) is 2.71. The number of hydrogen-bond acceptors (Lipinski definition) is 3. The molecule has 1 saturated heterocycles. The minimum atomic E-state index is -0.727. The van der Waals surface area contributed by atoms with Crippen molar-refractivity contribution in [2.75, 3.05) is 6.54 Å². The van der Waals surface area contributed by atoms with Gasteiger partial charge in [0.15, 0.2) is 0 Å². The zero-order valence-corrected chi connectivity index (χ0v) is 13.4. The summed E-state index contributed by atoms with van der Waals surface area (Å²) in [5.41, 5.74) is 2.02. The maximum Gasteiger partial charge on any atom is 0.321 e. The Bertz CT molecular complexity index is 689. The smallest absolute Gasteiger partial charge is 0.321 e. The van der Waals surface area contributed by atoms with E-state index in [1.165, 1.54) is 0 Å². The number of rotatable bonds is 3. The average Bonchev–Trinajstić information content (AvgIpc) is 2.83. The first kappa shape index (κ1) is 14.5. The number of carboxylic acids is 1. The molecule has 2 unspecified atom stereocenters. The molecule has 0 amide bonds. The summed E-state index contributed by atoms with van der Waals surface area (Å²) in [7, 11) is 0. The van der Waals surface area contributed by atoms with Gasteiger partial charge in [-0.25, -0.2) is 0 Å². The second-order valence-corrected chi connectivity index (χ2v) is 6.48. The van der Waals surface area contributed by atoms with Gasteiger partial charge in [0.25, 0.3) is 0 Å². The molecule has 4 nitrogen and oxygen atoms in total. The molecule has 0 spiro atoms. The summed E-state index contributed by atoms with van der Waals surface area (Å²) < 4.78 is 1.01. The van der Waals surface area contributed by atoms with Crippen molar-refractivity contribution in [2.45, 2.75) is 25.9 Å². The Labute approximate surface area is 131 Å². The highest BCUT2D eigenvalue weighted by Gasteiger charge is 2.36. The molecule has 1 aromatic carbocycles. The van der Waals surface area contributed by atoms with Crippen LogP contribution in [0.15, 0.2) is 34.9 Å². The molecule has 2 heterocycles. The molecule has 1 aromatic heterocycles. The van der Waals surface area contributed by atoms with Crippen molar-refractivity contribution in [3.63, 3.8) is 0 Å². The zero-order valence-electron chi connectivity index (χ0n) is 11.8. The van der Waals surface area contributed by atoms with Crippen LogP contribution in [0.2, 0.25) is 0 Å². The Morgan fingerprint density at radius 2 is 2.29 bits per heavy atom. The monoisotopic (exact) mass is 348 g/mol. The van der Waals surface area contributed by atoms with Crippen molar-refractivity contribution < 1.29 is 9.90 Å². The number of benzene rings is 1. The quantitative estimate of drug-likeness (QED) is 0.924. The Kier molecular flexibility index (Phi) is 3.95. The number of carboxylic acid groups (broad SMARTS) is 1. The number of hydrogen-bond donors (Lipinski definition) is 1. The number of pyridine rings is 1. The van der Waals surface area contributed by atoms with Crippen LogP contribution >= 0.6 is 15.9 Å². The summed E-state index contributed by atoms with van der Waals surface area (Å²) in [4.78, 5) is 18.0. The molecule has 2 atom stereocenters. The number of aliphatic carboxylic acids is 1. The van der Waals surface area contributed by atoms with E-state index < -0.39 is 12.0 Å². The first-order chi connectivity index (χ1) is 10.1. The van der Waals surface area contributed by atoms with Crippen LogP contribution in [0.25, 0.3) is 10.9 Å². The van der Waals surface area contributed by atoms with Crippen molar-refractivity contribution in [1.29, 1.82) is 0 Å². The second kappa shape index (κ2) is 5.73. The van der Waals surface area contributed by atoms with Gasteiger partial charge < -0.3 is 5.11 Å². The molecule has 110 valence electrons. The highest BCUT2D eigenvalue weighted by Crippen LogP contribution is 2.30. The second-order valence-electron chi connectivity index (χ2n) is 5.63. The molecular formula is C16H17BrN2O2. The van der Waals surface area contributed by atoms with Crippen molar-refractivity contribution in [1.82, 2.24) is 9.88 Å². The van der Waals surface area contributed by atoms with Gasteiger partial charge in [-0.1, -0.05) is 35.0 Å². The van der Waals surface area contributed by atoms with Crippen LogP contribution in [0, 0.1) is 5.92 Å². The number of halogens is 1. The lowest BCUT2D eigenvalue weighted by atomic mass is 10.0. The number of nitrogens with zero attached hydrogens (tertiary/aromatic N) is 2. The molecular weight excluding hydrogens is 332 g/mol. The van der Waals surface area contributed by atoms with E-state index in [4.69, 9.17) is 0 Å². The van der Waals surface area contributed by atoms with Crippen molar-refractivity contribution in [2.24, 2.45) is 5.92 Å². The predicted octanol–water partition coefficient (Wildman–Crippen LogP) is 3.29. The standard InChI is InChI=1S/C16H17BrN2O2/c1-10-6-8-19(15(10)16(20)21)9-11-4-5-13(17)12-3-2-7-18-14(11)12/h2-5,7,10,15H,6,8-9H2,1H3,(H,20,21). The van der Waals surface area contributed by atoms with E-state index >= 15 is 0 Å². The van der Waals surface area contributed by atoms with Crippen LogP contribution in [-0.2, 0) is 11.3 Å². The normalized spacial score (nSPS) is 22.8. The third-order valence-corrected chi connectivity index (χ3v) is 4.92. The van der Waals surface area contributed by atoms with Gasteiger partial charge >= 0.3 is 5.97 Å². The van der Waals surface area contributed by atoms with Crippen LogP contribution in [-0.4, -0.2) is 33.5 Å². The van der Waals surface area contributed by atoms with Crippen LogP contribution < -0.4 is 0 Å². The number of carbonyl (C=O) groups is 1. The molecule has 1 fully saturated rings. The average molecular weight is 349 g/mol. The molecule has 5 heteroatoms. The van der Waals surface area contributed by atoms with Crippen molar-refractivity contribution in [3.8, 4) is 0 Å². The highest BCUT2D eigenvalue weighted by molar-refractivity contribution is 9.10. The van der Waals surface area contributed by atoms with E-state index in [1.807, 2.05) is 36.1 Å². The van der Waals surface area contributed by atoms with Gasteiger partial charge in [-0.2, -0.15) is 0 Å². The van der Waals surface area contributed by atoms with Crippen LogP contribution in [0.4, 0.5) is 0 Å². The molecule has 1 N–H and O–H groups in total. The number of aromatic nitrogens is 1. The first-order valence-corrected chi connectivity index (χ1v) is 7.86. The lowest BCUT2D eigenvalue weighted by molar-refractivity contribution is -0.143. The molecule has 0 radical (unpaired) electrons. The molecule has 0 aliphatic carbocycles. The Morgan fingerprint density at radius 3 is 3.05 bits per heavy atom. The molecule has 0 bridgehead atoms.